The van der Waals surface area contributed by atoms with Gasteiger partial charge in [0, 0.05) is 132 Å². The average Bonchev–Trinajstić information content (AvgIpc) is 3.38. The third-order valence-electron chi connectivity index (χ3n) is 13.6. The number of piperidine rings is 2. The molecule has 2 heterocycles. The highest BCUT2D eigenvalue weighted by atomic mass is 127. The molecule has 2 aliphatic rings. The van der Waals surface area contributed by atoms with Crippen molar-refractivity contribution in [2.24, 2.45) is 0 Å². The molecule has 0 spiro atoms. The van der Waals surface area contributed by atoms with Crippen LogP contribution in [-0.4, -0.2) is 106 Å². The standard InChI is InChI=1S/C29H34BrN3O2.C29H34IN3O2/c2*1-3-32(4-2)29(35)23-10-14-25(15-11-23)33(27-6-5-7-28(34)20-27)26-16-18-31(19-17-26)21-22-8-12-24(30)13-9-22/h2*5-15,20,26,34H,3-4,16-19,21H2,1-2H3. The van der Waals surface area contributed by atoms with Crippen LogP contribution in [0.1, 0.15) is 85.2 Å². The molecular formula is C58H68BrIN6O4. The van der Waals surface area contributed by atoms with Crippen molar-refractivity contribution in [2.45, 2.75) is 78.6 Å². The molecule has 12 heteroatoms. The van der Waals surface area contributed by atoms with Crippen LogP contribution in [0.3, 0.4) is 0 Å². The van der Waals surface area contributed by atoms with Gasteiger partial charge in [-0.2, -0.15) is 0 Å². The fraction of sp³-hybridized carbons (Fsp3) is 0.345. The van der Waals surface area contributed by atoms with E-state index in [-0.39, 0.29) is 23.3 Å². The van der Waals surface area contributed by atoms with E-state index in [1.165, 1.54) is 14.7 Å². The van der Waals surface area contributed by atoms with Gasteiger partial charge >= 0.3 is 0 Å². The molecule has 0 atom stereocenters. The van der Waals surface area contributed by atoms with E-state index in [1.54, 1.807) is 12.1 Å². The van der Waals surface area contributed by atoms with Gasteiger partial charge in [-0.05, 0) is 184 Å². The number of carbonyl (C=O) groups is 2. The Kier molecular flexibility index (Phi) is 19.2. The first kappa shape index (κ1) is 52.4. The molecule has 2 amide bonds. The number of nitrogens with zero attached hydrogens (tertiary/aromatic N) is 6. The van der Waals surface area contributed by atoms with Gasteiger partial charge in [0.2, 0.25) is 0 Å². The highest BCUT2D eigenvalue weighted by Gasteiger charge is 2.29. The molecule has 2 fully saturated rings. The number of hydrogen-bond acceptors (Lipinski definition) is 8. The summed E-state index contributed by atoms with van der Waals surface area (Å²) < 4.78 is 2.36. The second-order valence-electron chi connectivity index (χ2n) is 18.1. The molecule has 0 unspecified atom stereocenters. The number of carbonyl (C=O) groups excluding carboxylic acids is 2. The molecule has 0 saturated carbocycles. The number of benzene rings is 6. The molecule has 10 nitrogen and oxygen atoms in total. The third kappa shape index (κ3) is 13.9. The number of rotatable bonds is 16. The van der Waals surface area contributed by atoms with E-state index in [9.17, 15) is 19.8 Å². The summed E-state index contributed by atoms with van der Waals surface area (Å²) in [6, 6.07) is 48.7. The van der Waals surface area contributed by atoms with E-state index in [4.69, 9.17) is 0 Å². The van der Waals surface area contributed by atoms with Crippen LogP contribution < -0.4 is 9.80 Å². The fourth-order valence-corrected chi connectivity index (χ4v) is 10.3. The first-order valence-electron chi connectivity index (χ1n) is 24.9. The Labute approximate surface area is 437 Å². The molecule has 2 N–H and O–H groups in total. The molecule has 70 heavy (non-hydrogen) atoms. The second kappa shape index (κ2) is 25.6. The fourth-order valence-electron chi connectivity index (χ4n) is 9.71. The number of aromatic hydroxyl groups is 2. The minimum atomic E-state index is 0.0618. The number of amides is 2. The molecule has 2 aliphatic heterocycles. The number of likely N-dealkylation sites (tertiary alicyclic amines) is 2. The van der Waals surface area contributed by atoms with Crippen LogP contribution in [0.15, 0.2) is 150 Å². The summed E-state index contributed by atoms with van der Waals surface area (Å²) in [5.41, 5.74) is 8.12. The van der Waals surface area contributed by atoms with Gasteiger partial charge in [0.25, 0.3) is 11.8 Å². The molecule has 368 valence electrons. The summed E-state index contributed by atoms with van der Waals surface area (Å²) in [6.07, 6.45) is 4.10. The maximum atomic E-state index is 12.8. The zero-order valence-electron chi connectivity index (χ0n) is 41.1. The Balaban J connectivity index is 0.000000206. The van der Waals surface area contributed by atoms with Crippen LogP contribution in [0, 0.1) is 3.57 Å². The van der Waals surface area contributed by atoms with Gasteiger partial charge in [-0.15, -0.1) is 0 Å². The summed E-state index contributed by atoms with van der Waals surface area (Å²) in [5, 5.41) is 20.4. The van der Waals surface area contributed by atoms with E-state index in [0.717, 1.165) is 92.2 Å². The largest absolute Gasteiger partial charge is 0.508 e. The first-order valence-corrected chi connectivity index (χ1v) is 26.7. The molecule has 0 aromatic heterocycles. The van der Waals surface area contributed by atoms with Gasteiger partial charge in [0.05, 0.1) is 0 Å². The first-order chi connectivity index (χ1) is 34.0. The minimum absolute atomic E-state index is 0.0618. The SMILES string of the molecule is CCN(CC)C(=O)c1ccc(N(c2cccc(O)c2)C2CCN(Cc3ccc(Br)cc3)CC2)cc1.CCN(CC)C(=O)c1ccc(N(c2cccc(O)c2)C2CCN(Cc3ccc(I)cc3)CC2)cc1. The summed E-state index contributed by atoms with van der Waals surface area (Å²) in [7, 11) is 0. The van der Waals surface area contributed by atoms with Crippen molar-refractivity contribution in [1.29, 1.82) is 0 Å². The molecule has 0 bridgehead atoms. The van der Waals surface area contributed by atoms with E-state index in [0.29, 0.717) is 49.4 Å². The van der Waals surface area contributed by atoms with Crippen LogP contribution in [0.25, 0.3) is 0 Å². The van der Waals surface area contributed by atoms with Crippen LogP contribution in [0.5, 0.6) is 11.5 Å². The highest BCUT2D eigenvalue weighted by molar-refractivity contribution is 14.1. The monoisotopic (exact) mass is 1120 g/mol. The Morgan fingerprint density at radius 1 is 0.514 bits per heavy atom. The van der Waals surface area contributed by atoms with E-state index < -0.39 is 0 Å². The molecule has 6 aromatic rings. The maximum absolute atomic E-state index is 12.8. The molecule has 0 radical (unpaired) electrons. The summed E-state index contributed by atoms with van der Waals surface area (Å²) in [4.78, 5) is 38.9. The number of anilines is 4. The molecule has 2 saturated heterocycles. The van der Waals surface area contributed by atoms with Gasteiger partial charge in [-0.1, -0.05) is 52.3 Å². The van der Waals surface area contributed by atoms with Crippen molar-refractivity contribution >= 4 is 73.1 Å². The number of hydrogen-bond donors (Lipinski definition) is 2. The molecule has 0 aliphatic carbocycles. The van der Waals surface area contributed by atoms with E-state index in [2.05, 4.69) is 107 Å². The van der Waals surface area contributed by atoms with Gasteiger partial charge in [0.1, 0.15) is 11.5 Å². The lowest BCUT2D eigenvalue weighted by Crippen LogP contribution is -2.42. The van der Waals surface area contributed by atoms with Gasteiger partial charge in [-0.25, -0.2) is 0 Å². The summed E-state index contributed by atoms with van der Waals surface area (Å²) in [5.74, 6) is 0.645. The van der Waals surface area contributed by atoms with Crippen molar-refractivity contribution < 1.29 is 19.8 Å². The average molecular weight is 1120 g/mol. The van der Waals surface area contributed by atoms with Crippen molar-refractivity contribution in [3.05, 3.63) is 176 Å². The Bertz CT molecular complexity index is 2390. The van der Waals surface area contributed by atoms with Crippen molar-refractivity contribution in [3.63, 3.8) is 0 Å². The minimum Gasteiger partial charge on any atom is -0.508 e. The van der Waals surface area contributed by atoms with Crippen LogP contribution >= 0.6 is 38.5 Å². The van der Waals surface area contributed by atoms with E-state index >= 15 is 0 Å². The van der Waals surface area contributed by atoms with Crippen LogP contribution in [0.2, 0.25) is 0 Å². The molecule has 6 aromatic carbocycles. The van der Waals surface area contributed by atoms with Crippen LogP contribution in [0.4, 0.5) is 22.7 Å². The van der Waals surface area contributed by atoms with Crippen molar-refractivity contribution in [1.82, 2.24) is 19.6 Å². The third-order valence-corrected chi connectivity index (χ3v) is 14.8. The van der Waals surface area contributed by atoms with Gasteiger partial charge in [0.15, 0.2) is 0 Å². The highest BCUT2D eigenvalue weighted by Crippen LogP contribution is 2.36. The van der Waals surface area contributed by atoms with Crippen molar-refractivity contribution in [3.8, 4) is 11.5 Å². The van der Waals surface area contributed by atoms with Crippen LogP contribution in [-0.2, 0) is 13.1 Å². The zero-order valence-corrected chi connectivity index (χ0v) is 44.8. The normalized spacial score (nSPS) is 14.6. The summed E-state index contributed by atoms with van der Waals surface area (Å²) in [6.45, 7) is 16.8. The lowest BCUT2D eigenvalue weighted by molar-refractivity contribution is 0.0765. The molecular weight excluding hydrogens is 1050 g/mol. The van der Waals surface area contributed by atoms with Crippen molar-refractivity contribution in [2.75, 3.05) is 62.2 Å². The predicted octanol–water partition coefficient (Wildman–Crippen LogP) is 12.7. The van der Waals surface area contributed by atoms with E-state index in [1.807, 2.05) is 122 Å². The number of phenolic OH excluding ortho intramolecular Hbond substituents is 2. The maximum Gasteiger partial charge on any atom is 0.253 e. The number of phenols is 2. The zero-order chi connectivity index (χ0) is 49.6. The molecule has 8 rings (SSSR count). The Hall–Kier alpha value is -5.41. The lowest BCUT2D eigenvalue weighted by Gasteiger charge is -2.40. The smallest absolute Gasteiger partial charge is 0.253 e. The topological polar surface area (TPSA) is 94.0 Å². The lowest BCUT2D eigenvalue weighted by atomic mass is 10.00. The quantitative estimate of drug-likeness (QED) is 0.0926. The summed E-state index contributed by atoms with van der Waals surface area (Å²) >= 11 is 5.86. The Morgan fingerprint density at radius 3 is 1.21 bits per heavy atom. The second-order valence-corrected chi connectivity index (χ2v) is 20.3. The van der Waals surface area contributed by atoms with Gasteiger partial charge in [-0.3, -0.25) is 19.4 Å². The van der Waals surface area contributed by atoms with Gasteiger partial charge < -0.3 is 29.8 Å². The Morgan fingerprint density at radius 2 is 0.871 bits per heavy atom. The predicted molar refractivity (Wildman–Crippen MR) is 298 cm³/mol. The number of halogens is 2.